The topological polar surface area (TPSA) is 29.1 Å². The van der Waals surface area contributed by atoms with Gasteiger partial charge in [-0.2, -0.15) is 0 Å². The minimum absolute atomic E-state index is 0.00231. The molecule has 2 rings (SSSR count). The Morgan fingerprint density at radius 1 is 1.16 bits per heavy atom. The van der Waals surface area contributed by atoms with Crippen LogP contribution in [0.4, 0.5) is 8.78 Å². The van der Waals surface area contributed by atoms with E-state index in [0.29, 0.717) is 5.56 Å². The quantitative estimate of drug-likeness (QED) is 0.916. The van der Waals surface area contributed by atoms with Crippen molar-refractivity contribution in [2.24, 2.45) is 0 Å². The van der Waals surface area contributed by atoms with Crippen LogP contribution in [0.5, 0.6) is 0 Å². The molecule has 0 atom stereocenters. The molecule has 2 aromatic rings. The number of amides is 1. The Hall–Kier alpha value is -1.94. The van der Waals surface area contributed by atoms with Gasteiger partial charge in [-0.1, -0.05) is 23.7 Å². The van der Waals surface area contributed by atoms with E-state index in [1.807, 2.05) is 0 Å². The van der Waals surface area contributed by atoms with E-state index < -0.39 is 17.5 Å². The van der Waals surface area contributed by atoms with Crippen LogP contribution in [-0.4, -0.2) is 5.91 Å². The fourth-order valence-corrected chi connectivity index (χ4v) is 1.77. The third-order valence-corrected chi connectivity index (χ3v) is 2.81. The molecule has 0 bridgehead atoms. The van der Waals surface area contributed by atoms with Gasteiger partial charge in [-0.05, 0) is 35.9 Å². The standard InChI is InChI=1S/C14H10ClF2NO/c15-12-6-9(4-5-13(12)17)8-18-14(19)10-2-1-3-11(16)7-10/h1-7H,8H2,(H,18,19). The van der Waals surface area contributed by atoms with Gasteiger partial charge >= 0.3 is 0 Å². The number of hydrogen-bond donors (Lipinski definition) is 1. The van der Waals surface area contributed by atoms with Crippen LogP contribution in [0, 0.1) is 11.6 Å². The van der Waals surface area contributed by atoms with Crippen molar-refractivity contribution in [2.75, 3.05) is 0 Å². The van der Waals surface area contributed by atoms with Gasteiger partial charge < -0.3 is 5.32 Å². The first-order chi connectivity index (χ1) is 9.06. The molecule has 2 nitrogen and oxygen atoms in total. The lowest BCUT2D eigenvalue weighted by Gasteiger charge is -2.06. The minimum atomic E-state index is -0.512. The Bertz CT molecular complexity index is 616. The molecule has 0 aromatic heterocycles. The number of carbonyl (C=O) groups excluding carboxylic acids is 1. The molecular formula is C14H10ClF2NO. The predicted molar refractivity (Wildman–Crippen MR) is 69.0 cm³/mol. The molecule has 98 valence electrons. The van der Waals surface area contributed by atoms with Crippen LogP contribution in [-0.2, 0) is 6.54 Å². The van der Waals surface area contributed by atoms with Crippen molar-refractivity contribution in [1.82, 2.24) is 5.32 Å². The molecule has 1 N–H and O–H groups in total. The summed E-state index contributed by atoms with van der Waals surface area (Å²) in [6.45, 7) is 0.190. The molecule has 0 fully saturated rings. The SMILES string of the molecule is O=C(NCc1ccc(F)c(Cl)c1)c1cccc(F)c1. The van der Waals surface area contributed by atoms with Crippen molar-refractivity contribution >= 4 is 17.5 Å². The number of rotatable bonds is 3. The van der Waals surface area contributed by atoms with Crippen molar-refractivity contribution in [3.8, 4) is 0 Å². The summed E-state index contributed by atoms with van der Waals surface area (Å²) in [6.07, 6.45) is 0. The van der Waals surface area contributed by atoms with Crippen molar-refractivity contribution in [2.45, 2.75) is 6.54 Å². The minimum Gasteiger partial charge on any atom is -0.348 e. The monoisotopic (exact) mass is 281 g/mol. The number of hydrogen-bond acceptors (Lipinski definition) is 1. The molecule has 0 aliphatic heterocycles. The van der Waals surface area contributed by atoms with E-state index in [2.05, 4.69) is 5.32 Å². The summed E-state index contributed by atoms with van der Waals surface area (Å²) >= 11 is 5.63. The molecule has 0 spiro atoms. The lowest BCUT2D eigenvalue weighted by molar-refractivity contribution is 0.0950. The molecule has 2 aromatic carbocycles. The second-order valence-corrected chi connectivity index (χ2v) is 4.35. The fourth-order valence-electron chi connectivity index (χ4n) is 1.56. The van der Waals surface area contributed by atoms with Gasteiger partial charge in [0.1, 0.15) is 11.6 Å². The van der Waals surface area contributed by atoms with E-state index in [-0.39, 0.29) is 17.1 Å². The Kier molecular flexibility index (Phi) is 4.12. The summed E-state index contributed by atoms with van der Waals surface area (Å²) in [5.74, 6) is -1.39. The van der Waals surface area contributed by atoms with Crippen LogP contribution >= 0.6 is 11.6 Å². The smallest absolute Gasteiger partial charge is 0.251 e. The van der Waals surface area contributed by atoms with Crippen molar-refractivity contribution in [3.63, 3.8) is 0 Å². The molecule has 0 aliphatic carbocycles. The highest BCUT2D eigenvalue weighted by Gasteiger charge is 2.07. The summed E-state index contributed by atoms with van der Waals surface area (Å²) in [4.78, 5) is 11.7. The maximum Gasteiger partial charge on any atom is 0.251 e. The fraction of sp³-hybridized carbons (Fsp3) is 0.0714. The predicted octanol–water partition coefficient (Wildman–Crippen LogP) is 3.55. The molecule has 5 heteroatoms. The van der Waals surface area contributed by atoms with Crippen LogP contribution in [0.3, 0.4) is 0 Å². The highest BCUT2D eigenvalue weighted by molar-refractivity contribution is 6.30. The maximum atomic E-state index is 12.9. The second-order valence-electron chi connectivity index (χ2n) is 3.94. The Balaban J connectivity index is 2.02. The van der Waals surface area contributed by atoms with Gasteiger partial charge in [-0.25, -0.2) is 8.78 Å². The number of halogens is 3. The highest BCUT2D eigenvalue weighted by Crippen LogP contribution is 2.16. The summed E-state index contributed by atoms with van der Waals surface area (Å²) in [7, 11) is 0. The first-order valence-electron chi connectivity index (χ1n) is 5.54. The molecule has 0 radical (unpaired) electrons. The number of carbonyl (C=O) groups is 1. The van der Waals surface area contributed by atoms with Crippen LogP contribution in [0.25, 0.3) is 0 Å². The Morgan fingerprint density at radius 3 is 2.63 bits per heavy atom. The molecule has 19 heavy (non-hydrogen) atoms. The Labute approximate surface area is 114 Å². The van der Waals surface area contributed by atoms with Gasteiger partial charge in [-0.3, -0.25) is 4.79 Å². The third-order valence-electron chi connectivity index (χ3n) is 2.52. The number of benzene rings is 2. The van der Waals surface area contributed by atoms with E-state index in [9.17, 15) is 13.6 Å². The first kappa shape index (κ1) is 13.5. The van der Waals surface area contributed by atoms with Crippen molar-refractivity contribution < 1.29 is 13.6 Å². The van der Waals surface area contributed by atoms with Crippen LogP contribution in [0.15, 0.2) is 42.5 Å². The molecule has 0 aliphatic rings. The van der Waals surface area contributed by atoms with Gasteiger partial charge in [0.2, 0.25) is 0 Å². The lowest BCUT2D eigenvalue weighted by atomic mass is 10.2. The van der Waals surface area contributed by atoms with Gasteiger partial charge in [0.25, 0.3) is 5.91 Å². The van der Waals surface area contributed by atoms with Crippen molar-refractivity contribution in [3.05, 3.63) is 70.2 Å². The van der Waals surface area contributed by atoms with E-state index in [4.69, 9.17) is 11.6 Å². The zero-order valence-corrected chi connectivity index (χ0v) is 10.5. The van der Waals surface area contributed by atoms with E-state index >= 15 is 0 Å². The zero-order chi connectivity index (χ0) is 13.8. The summed E-state index contributed by atoms with van der Waals surface area (Å²) < 4.78 is 25.9. The highest BCUT2D eigenvalue weighted by atomic mass is 35.5. The largest absolute Gasteiger partial charge is 0.348 e. The molecule has 0 heterocycles. The second kappa shape index (κ2) is 5.80. The molecule has 0 saturated carbocycles. The number of nitrogens with one attached hydrogen (secondary N) is 1. The van der Waals surface area contributed by atoms with E-state index in [0.717, 1.165) is 6.07 Å². The maximum absolute atomic E-state index is 12.9. The average Bonchev–Trinajstić information content (AvgIpc) is 2.40. The molecule has 0 unspecified atom stereocenters. The zero-order valence-electron chi connectivity index (χ0n) is 9.79. The van der Waals surface area contributed by atoms with Gasteiger partial charge in [0.15, 0.2) is 0 Å². The summed E-state index contributed by atoms with van der Waals surface area (Å²) in [6, 6.07) is 9.56. The third kappa shape index (κ3) is 3.51. The van der Waals surface area contributed by atoms with Crippen molar-refractivity contribution in [1.29, 1.82) is 0 Å². The molecule has 0 saturated heterocycles. The van der Waals surface area contributed by atoms with Gasteiger partial charge in [-0.15, -0.1) is 0 Å². The average molecular weight is 282 g/mol. The van der Waals surface area contributed by atoms with Crippen LogP contribution in [0.2, 0.25) is 5.02 Å². The van der Waals surface area contributed by atoms with Crippen LogP contribution < -0.4 is 5.32 Å². The summed E-state index contributed by atoms with van der Waals surface area (Å²) in [5, 5.41) is 2.60. The summed E-state index contributed by atoms with van der Waals surface area (Å²) in [5.41, 5.74) is 0.893. The molecule has 1 amide bonds. The van der Waals surface area contributed by atoms with Crippen LogP contribution in [0.1, 0.15) is 15.9 Å². The molecular weight excluding hydrogens is 272 g/mol. The lowest BCUT2D eigenvalue weighted by Crippen LogP contribution is -2.22. The van der Waals surface area contributed by atoms with Gasteiger partial charge in [0.05, 0.1) is 5.02 Å². The van der Waals surface area contributed by atoms with Gasteiger partial charge in [0, 0.05) is 12.1 Å². The van der Waals surface area contributed by atoms with E-state index in [1.54, 1.807) is 0 Å². The Morgan fingerprint density at radius 2 is 1.95 bits per heavy atom. The first-order valence-corrected chi connectivity index (χ1v) is 5.92. The van der Waals surface area contributed by atoms with E-state index in [1.165, 1.54) is 36.4 Å². The normalized spacial score (nSPS) is 10.3.